The lowest BCUT2D eigenvalue weighted by Gasteiger charge is -2.29. The number of aryl methyl sites for hydroxylation is 1. The lowest BCUT2D eigenvalue weighted by molar-refractivity contribution is 0.334. The smallest absolute Gasteiger partial charge is 0.154 e. The summed E-state index contributed by atoms with van der Waals surface area (Å²) in [5, 5.41) is -0.663. The van der Waals surface area contributed by atoms with Crippen LogP contribution in [0.3, 0.4) is 0 Å². The average molecular weight is 305 g/mol. The molecule has 0 aliphatic heterocycles. The van der Waals surface area contributed by atoms with Gasteiger partial charge in [0.15, 0.2) is 9.84 Å². The molecular formula is C14H21ClO3S. The van der Waals surface area contributed by atoms with E-state index >= 15 is 0 Å². The molecule has 1 unspecified atom stereocenters. The number of ether oxygens (including phenoxy) is 1. The highest BCUT2D eigenvalue weighted by Gasteiger charge is 2.40. The quantitative estimate of drug-likeness (QED) is 0.782. The highest BCUT2D eigenvalue weighted by Crippen LogP contribution is 2.41. The first-order valence-electron chi connectivity index (χ1n) is 6.18. The maximum Gasteiger partial charge on any atom is 0.154 e. The van der Waals surface area contributed by atoms with Crippen molar-refractivity contribution >= 4 is 21.4 Å². The maximum absolute atomic E-state index is 11.9. The van der Waals surface area contributed by atoms with Gasteiger partial charge < -0.3 is 4.74 Å². The zero-order valence-electron chi connectivity index (χ0n) is 12.0. The van der Waals surface area contributed by atoms with Gasteiger partial charge in [-0.2, -0.15) is 0 Å². The molecule has 1 aromatic rings. The zero-order valence-corrected chi connectivity index (χ0v) is 13.6. The normalized spacial score (nSPS) is 14.2. The van der Waals surface area contributed by atoms with Crippen molar-refractivity contribution in [3.05, 3.63) is 29.3 Å². The number of hydrogen-bond acceptors (Lipinski definition) is 3. The largest absolute Gasteiger partial charge is 0.494 e. The van der Waals surface area contributed by atoms with E-state index in [1.807, 2.05) is 32.0 Å². The van der Waals surface area contributed by atoms with Crippen LogP contribution in [-0.4, -0.2) is 26.0 Å². The van der Waals surface area contributed by atoms with Crippen LogP contribution >= 0.6 is 11.6 Å². The third kappa shape index (κ3) is 3.42. The minimum atomic E-state index is -3.28. The van der Waals surface area contributed by atoms with Gasteiger partial charge in [0, 0.05) is 11.8 Å². The molecule has 0 aliphatic carbocycles. The molecule has 0 aromatic heterocycles. The molecule has 0 spiro atoms. The molecule has 0 saturated carbocycles. The van der Waals surface area contributed by atoms with Crippen LogP contribution in [0.2, 0.25) is 0 Å². The first-order chi connectivity index (χ1) is 8.61. The van der Waals surface area contributed by atoms with Crippen LogP contribution in [0, 0.1) is 6.92 Å². The Kier molecular flexibility index (Phi) is 4.91. The molecule has 0 amide bonds. The molecule has 0 bridgehead atoms. The molecular weight excluding hydrogens is 284 g/mol. The summed E-state index contributed by atoms with van der Waals surface area (Å²) in [7, 11) is -3.28. The topological polar surface area (TPSA) is 43.4 Å². The second-order valence-corrected chi connectivity index (χ2v) is 8.25. The third-order valence-corrected chi connectivity index (χ3v) is 6.36. The Labute approximate surface area is 120 Å². The molecule has 1 atom stereocenters. The van der Waals surface area contributed by atoms with Gasteiger partial charge in [0.1, 0.15) is 5.75 Å². The number of alkyl halides is 1. The molecule has 108 valence electrons. The lowest BCUT2D eigenvalue weighted by Crippen LogP contribution is -2.35. The summed E-state index contributed by atoms with van der Waals surface area (Å²) in [6.07, 6.45) is 1.21. The second kappa shape index (κ2) is 5.71. The number of halogens is 1. The van der Waals surface area contributed by atoms with Gasteiger partial charge in [-0.15, -0.1) is 11.6 Å². The van der Waals surface area contributed by atoms with Crippen LogP contribution in [0.4, 0.5) is 0 Å². The molecule has 0 saturated heterocycles. The van der Waals surface area contributed by atoms with E-state index in [0.717, 1.165) is 11.1 Å². The van der Waals surface area contributed by atoms with Crippen molar-refractivity contribution < 1.29 is 13.2 Å². The Bertz CT molecular complexity index is 550. The molecule has 1 rings (SSSR count). The molecule has 19 heavy (non-hydrogen) atoms. The van der Waals surface area contributed by atoms with E-state index < -0.39 is 20.0 Å². The van der Waals surface area contributed by atoms with Crippen molar-refractivity contribution in [2.24, 2.45) is 0 Å². The van der Waals surface area contributed by atoms with Gasteiger partial charge in [-0.1, -0.05) is 17.7 Å². The van der Waals surface area contributed by atoms with E-state index in [4.69, 9.17) is 16.3 Å². The Hall–Kier alpha value is -0.740. The first kappa shape index (κ1) is 16.3. The molecule has 0 radical (unpaired) electrons. The van der Waals surface area contributed by atoms with Gasteiger partial charge in [-0.05, 0) is 33.8 Å². The van der Waals surface area contributed by atoms with Gasteiger partial charge in [0.25, 0.3) is 0 Å². The van der Waals surface area contributed by atoms with Crippen LogP contribution in [0.25, 0.3) is 0 Å². The second-order valence-electron chi connectivity index (χ2n) is 5.21. The first-order valence-corrected chi connectivity index (χ1v) is 8.51. The number of sulfone groups is 1. The molecule has 0 aliphatic rings. The highest BCUT2D eigenvalue weighted by atomic mass is 35.5. The fourth-order valence-electron chi connectivity index (χ4n) is 1.72. The van der Waals surface area contributed by atoms with Crippen LogP contribution in [0.1, 0.15) is 37.3 Å². The molecule has 0 N–H and O–H groups in total. The van der Waals surface area contributed by atoms with Crippen molar-refractivity contribution in [3.63, 3.8) is 0 Å². The monoisotopic (exact) mass is 304 g/mol. The number of benzene rings is 1. The minimum absolute atomic E-state index is 0.513. The number of hydrogen-bond donors (Lipinski definition) is 0. The van der Waals surface area contributed by atoms with Crippen molar-refractivity contribution in [1.82, 2.24) is 0 Å². The van der Waals surface area contributed by atoms with Crippen LogP contribution in [-0.2, 0) is 9.84 Å². The van der Waals surface area contributed by atoms with E-state index in [1.165, 1.54) is 6.26 Å². The maximum atomic E-state index is 11.9. The summed E-state index contributed by atoms with van der Waals surface area (Å²) in [5.74, 6) is 0.643. The number of rotatable bonds is 5. The van der Waals surface area contributed by atoms with Gasteiger partial charge in [-0.3, -0.25) is 0 Å². The SMILES string of the molecule is CCOc1ccc(C)cc1C(Cl)C(C)(C)S(C)(=O)=O. The standard InChI is InChI=1S/C14H21ClO3S/c1-6-18-12-8-7-10(2)9-11(12)13(15)14(3,4)19(5,16)17/h7-9,13H,6H2,1-5H3. The average Bonchev–Trinajstić information content (AvgIpc) is 2.29. The third-order valence-electron chi connectivity index (χ3n) is 3.30. The summed E-state index contributed by atoms with van der Waals surface area (Å²) in [6.45, 7) is 7.61. The Morgan fingerprint density at radius 1 is 1.37 bits per heavy atom. The minimum Gasteiger partial charge on any atom is -0.494 e. The van der Waals surface area contributed by atoms with Gasteiger partial charge in [-0.25, -0.2) is 8.42 Å². The lowest BCUT2D eigenvalue weighted by atomic mass is 9.99. The summed E-state index contributed by atoms with van der Waals surface area (Å²) in [4.78, 5) is 0. The van der Waals surface area contributed by atoms with Crippen molar-refractivity contribution in [3.8, 4) is 5.75 Å². The zero-order chi connectivity index (χ0) is 14.8. The Balaban J connectivity index is 3.33. The molecule has 0 fully saturated rings. The predicted molar refractivity (Wildman–Crippen MR) is 79.9 cm³/mol. The molecule has 5 heteroatoms. The molecule has 3 nitrogen and oxygen atoms in total. The molecule has 1 aromatic carbocycles. The van der Waals surface area contributed by atoms with Crippen LogP contribution in [0.15, 0.2) is 18.2 Å². The van der Waals surface area contributed by atoms with E-state index in [9.17, 15) is 8.42 Å². The van der Waals surface area contributed by atoms with Gasteiger partial charge >= 0.3 is 0 Å². The van der Waals surface area contributed by atoms with E-state index in [0.29, 0.717) is 12.4 Å². The molecule has 0 heterocycles. The van der Waals surface area contributed by atoms with Crippen molar-refractivity contribution in [2.75, 3.05) is 12.9 Å². The van der Waals surface area contributed by atoms with Crippen molar-refractivity contribution in [1.29, 1.82) is 0 Å². The van der Waals surface area contributed by atoms with Gasteiger partial charge in [0.2, 0.25) is 0 Å². The Morgan fingerprint density at radius 2 is 1.95 bits per heavy atom. The summed E-state index contributed by atoms with van der Waals surface area (Å²) < 4.78 is 28.3. The van der Waals surface area contributed by atoms with Crippen LogP contribution in [0.5, 0.6) is 5.75 Å². The van der Waals surface area contributed by atoms with Crippen molar-refractivity contribution in [2.45, 2.75) is 37.8 Å². The summed E-state index contributed by atoms with van der Waals surface area (Å²) in [6, 6.07) is 5.64. The highest BCUT2D eigenvalue weighted by molar-refractivity contribution is 7.92. The predicted octanol–water partition coefficient (Wildman–Crippen LogP) is 3.50. The van der Waals surface area contributed by atoms with E-state index in [1.54, 1.807) is 13.8 Å². The summed E-state index contributed by atoms with van der Waals surface area (Å²) >= 11 is 6.44. The fraction of sp³-hybridized carbons (Fsp3) is 0.571. The Morgan fingerprint density at radius 3 is 2.42 bits per heavy atom. The van der Waals surface area contributed by atoms with E-state index in [-0.39, 0.29) is 0 Å². The van der Waals surface area contributed by atoms with Crippen LogP contribution < -0.4 is 4.74 Å². The van der Waals surface area contributed by atoms with Gasteiger partial charge in [0.05, 0.1) is 16.7 Å². The fourth-order valence-corrected chi connectivity index (χ4v) is 2.87. The van der Waals surface area contributed by atoms with E-state index in [2.05, 4.69) is 0 Å². The summed E-state index contributed by atoms with van der Waals surface area (Å²) in [5.41, 5.74) is 1.74.